The first-order chi connectivity index (χ1) is 18.3. The SMILES string of the molecule is CC(C)(C1CCN(C(=O)c2ncc(C(F)(F)F)cc2S(=O)(=O)C2CC2)CC1)S(=O)(=O)c1cccc(C(F)(F)F)c1. The summed E-state index contributed by atoms with van der Waals surface area (Å²) >= 11 is 0. The molecular formula is C25H26F6N2O5S2. The lowest BCUT2D eigenvalue weighted by Gasteiger charge is -2.40. The van der Waals surface area contributed by atoms with Gasteiger partial charge in [-0.05, 0) is 69.7 Å². The number of hydrogen-bond donors (Lipinski definition) is 0. The first-order valence-corrected chi connectivity index (χ1v) is 15.3. The number of halogens is 6. The van der Waals surface area contributed by atoms with Crippen molar-refractivity contribution in [3.05, 3.63) is 53.3 Å². The third-order valence-electron chi connectivity index (χ3n) is 7.58. The number of amides is 1. The minimum Gasteiger partial charge on any atom is -0.337 e. The second kappa shape index (κ2) is 10.00. The highest BCUT2D eigenvalue weighted by molar-refractivity contribution is 7.93. The molecule has 0 unspecified atom stereocenters. The molecule has 2 aromatic rings. The second-order valence-electron chi connectivity index (χ2n) is 10.5. The summed E-state index contributed by atoms with van der Waals surface area (Å²) in [5, 5.41) is -0.892. The maximum absolute atomic E-state index is 13.4. The Bertz CT molecular complexity index is 1520. The van der Waals surface area contributed by atoms with Crippen molar-refractivity contribution in [3.63, 3.8) is 0 Å². The van der Waals surface area contributed by atoms with Gasteiger partial charge >= 0.3 is 12.4 Å². The molecule has 1 aliphatic heterocycles. The largest absolute Gasteiger partial charge is 0.417 e. The molecule has 0 spiro atoms. The third-order valence-corrected chi connectivity index (χ3v) is 12.4. The van der Waals surface area contributed by atoms with Gasteiger partial charge in [-0.1, -0.05) is 6.07 Å². The summed E-state index contributed by atoms with van der Waals surface area (Å²) in [5.41, 5.74) is -3.04. The molecule has 0 N–H and O–H groups in total. The number of sulfone groups is 2. The van der Waals surface area contributed by atoms with Crippen molar-refractivity contribution >= 4 is 25.6 Å². The number of carbonyl (C=O) groups excluding carboxylic acids is 1. The molecule has 1 saturated heterocycles. The standard InChI is InChI=1S/C25H26F6N2O5S2/c1-23(2,40(37,38)19-5-3-4-16(12-19)24(26,27)28)15-8-10-33(11-9-15)22(34)21-20(39(35,36)18-6-7-18)13-17(14-32-21)25(29,30)31/h3-5,12-15,18H,6-11H2,1-2H3. The van der Waals surface area contributed by atoms with E-state index in [9.17, 15) is 48.0 Å². The van der Waals surface area contributed by atoms with Crippen LogP contribution in [0.3, 0.4) is 0 Å². The number of pyridine rings is 1. The molecule has 15 heteroatoms. The molecule has 220 valence electrons. The van der Waals surface area contributed by atoms with Gasteiger partial charge in [0.25, 0.3) is 5.91 Å². The van der Waals surface area contributed by atoms with E-state index in [2.05, 4.69) is 4.98 Å². The van der Waals surface area contributed by atoms with E-state index in [0.29, 0.717) is 18.3 Å². The Morgan fingerprint density at radius 3 is 1.98 bits per heavy atom. The van der Waals surface area contributed by atoms with Gasteiger partial charge < -0.3 is 4.90 Å². The van der Waals surface area contributed by atoms with Crippen LogP contribution in [0.5, 0.6) is 0 Å². The smallest absolute Gasteiger partial charge is 0.337 e. The number of aromatic nitrogens is 1. The number of hydrogen-bond acceptors (Lipinski definition) is 6. The summed E-state index contributed by atoms with van der Waals surface area (Å²) < 4.78 is 130. The minimum absolute atomic E-state index is 0.0589. The van der Waals surface area contributed by atoms with Crippen LogP contribution in [0.25, 0.3) is 0 Å². The van der Waals surface area contributed by atoms with Crippen LogP contribution >= 0.6 is 0 Å². The fourth-order valence-corrected chi connectivity index (χ4v) is 8.46. The van der Waals surface area contributed by atoms with Crippen molar-refractivity contribution in [2.24, 2.45) is 5.92 Å². The first kappa shape index (κ1) is 30.3. The van der Waals surface area contributed by atoms with Crippen LogP contribution in [0.4, 0.5) is 26.3 Å². The summed E-state index contributed by atoms with van der Waals surface area (Å²) in [7, 11) is -8.49. The maximum atomic E-state index is 13.4. The summed E-state index contributed by atoms with van der Waals surface area (Å²) in [6, 6.07) is 3.86. The molecule has 7 nitrogen and oxygen atoms in total. The van der Waals surface area contributed by atoms with Gasteiger partial charge in [0.2, 0.25) is 0 Å². The van der Waals surface area contributed by atoms with Gasteiger partial charge in [0.1, 0.15) is 5.69 Å². The zero-order chi connectivity index (χ0) is 29.9. The Labute approximate surface area is 227 Å². The fourth-order valence-electron chi connectivity index (χ4n) is 4.83. The first-order valence-electron chi connectivity index (χ1n) is 12.3. The lowest BCUT2D eigenvalue weighted by atomic mass is 9.85. The van der Waals surface area contributed by atoms with E-state index >= 15 is 0 Å². The molecule has 0 bridgehead atoms. The third kappa shape index (κ3) is 5.58. The Morgan fingerprint density at radius 1 is 0.875 bits per heavy atom. The number of alkyl halides is 6. The molecule has 4 rings (SSSR count). The van der Waals surface area contributed by atoms with Gasteiger partial charge in [0.05, 0.1) is 30.9 Å². The highest BCUT2D eigenvalue weighted by Crippen LogP contribution is 2.41. The van der Waals surface area contributed by atoms with Crippen LogP contribution in [0.1, 0.15) is 61.1 Å². The minimum atomic E-state index is -4.88. The van der Waals surface area contributed by atoms with E-state index in [1.165, 1.54) is 18.7 Å². The molecular weight excluding hydrogens is 586 g/mol. The number of nitrogens with zero attached hydrogens (tertiary/aromatic N) is 2. The molecule has 1 amide bonds. The van der Waals surface area contributed by atoms with Crippen LogP contribution in [0.2, 0.25) is 0 Å². The molecule has 1 aromatic heterocycles. The van der Waals surface area contributed by atoms with E-state index in [1.54, 1.807) is 0 Å². The van der Waals surface area contributed by atoms with E-state index in [-0.39, 0.29) is 38.8 Å². The van der Waals surface area contributed by atoms with Gasteiger partial charge in [-0.2, -0.15) is 26.3 Å². The Hall–Kier alpha value is -2.68. The zero-order valence-corrected chi connectivity index (χ0v) is 23.0. The monoisotopic (exact) mass is 612 g/mol. The Balaban J connectivity index is 1.56. The van der Waals surface area contributed by atoms with Crippen molar-refractivity contribution in [2.75, 3.05) is 13.1 Å². The molecule has 2 aliphatic rings. The molecule has 2 fully saturated rings. The Kier molecular flexibility index (Phi) is 7.57. The molecule has 1 saturated carbocycles. The lowest BCUT2D eigenvalue weighted by molar-refractivity contribution is -0.138. The maximum Gasteiger partial charge on any atom is 0.417 e. The molecule has 0 radical (unpaired) electrons. The van der Waals surface area contributed by atoms with Crippen molar-refractivity contribution in [2.45, 2.75) is 71.7 Å². The van der Waals surface area contributed by atoms with Crippen LogP contribution in [-0.2, 0) is 32.0 Å². The fraction of sp³-hybridized carbons (Fsp3) is 0.520. The van der Waals surface area contributed by atoms with Gasteiger partial charge in [0.15, 0.2) is 19.7 Å². The van der Waals surface area contributed by atoms with Crippen molar-refractivity contribution in [1.82, 2.24) is 9.88 Å². The van der Waals surface area contributed by atoms with Crippen LogP contribution in [0, 0.1) is 5.92 Å². The normalized spacial score (nSPS) is 18.1. The molecule has 40 heavy (non-hydrogen) atoms. The molecule has 0 atom stereocenters. The average molecular weight is 613 g/mol. The topological polar surface area (TPSA) is 101 Å². The van der Waals surface area contributed by atoms with Crippen molar-refractivity contribution < 1.29 is 48.0 Å². The number of benzene rings is 1. The molecule has 1 aromatic carbocycles. The summed E-state index contributed by atoms with van der Waals surface area (Å²) in [5.74, 6) is -1.49. The van der Waals surface area contributed by atoms with Crippen LogP contribution < -0.4 is 0 Å². The zero-order valence-electron chi connectivity index (χ0n) is 21.4. The highest BCUT2D eigenvalue weighted by atomic mass is 32.2. The highest BCUT2D eigenvalue weighted by Gasteiger charge is 2.46. The van der Waals surface area contributed by atoms with Gasteiger partial charge in [-0.25, -0.2) is 21.8 Å². The van der Waals surface area contributed by atoms with Gasteiger partial charge in [-0.15, -0.1) is 0 Å². The van der Waals surface area contributed by atoms with Gasteiger partial charge in [-0.3, -0.25) is 4.79 Å². The van der Waals surface area contributed by atoms with Crippen molar-refractivity contribution in [1.29, 1.82) is 0 Å². The average Bonchev–Trinajstić information content (AvgIpc) is 3.73. The van der Waals surface area contributed by atoms with E-state index < -0.39 is 80.5 Å². The number of carbonyl (C=O) groups is 1. The van der Waals surface area contributed by atoms with Crippen LogP contribution in [0.15, 0.2) is 46.3 Å². The van der Waals surface area contributed by atoms with E-state index in [1.807, 2.05) is 0 Å². The van der Waals surface area contributed by atoms with E-state index in [4.69, 9.17) is 0 Å². The van der Waals surface area contributed by atoms with Crippen molar-refractivity contribution in [3.8, 4) is 0 Å². The van der Waals surface area contributed by atoms with E-state index in [0.717, 1.165) is 18.2 Å². The number of piperidine rings is 1. The number of likely N-dealkylation sites (tertiary alicyclic amines) is 1. The summed E-state index contributed by atoms with van der Waals surface area (Å²) in [6.07, 6.45) is -8.50. The second-order valence-corrected chi connectivity index (χ2v) is 15.2. The molecule has 2 heterocycles. The van der Waals surface area contributed by atoms with Gasteiger partial charge in [0, 0.05) is 19.3 Å². The predicted octanol–water partition coefficient (Wildman–Crippen LogP) is 5.16. The summed E-state index contributed by atoms with van der Waals surface area (Å²) in [6.45, 7) is 2.66. The summed E-state index contributed by atoms with van der Waals surface area (Å²) in [4.78, 5) is 16.8. The quantitative estimate of drug-likeness (QED) is 0.418. The number of rotatable bonds is 6. The molecule has 1 aliphatic carbocycles. The predicted molar refractivity (Wildman–Crippen MR) is 131 cm³/mol. The Morgan fingerprint density at radius 2 is 1.45 bits per heavy atom. The lowest BCUT2D eigenvalue weighted by Crippen LogP contribution is -2.48. The van der Waals surface area contributed by atoms with Crippen LogP contribution in [-0.4, -0.2) is 55.7 Å².